The van der Waals surface area contributed by atoms with Gasteiger partial charge in [0.2, 0.25) is 0 Å². The fourth-order valence-electron chi connectivity index (χ4n) is 2.13. The highest BCUT2D eigenvalue weighted by molar-refractivity contribution is 5.53. The number of unbranched alkanes of at least 4 members (excludes halogenated alkanes) is 1. The molecule has 1 fully saturated rings. The van der Waals surface area contributed by atoms with E-state index in [4.69, 9.17) is 0 Å². The van der Waals surface area contributed by atoms with E-state index in [0.717, 1.165) is 24.3 Å². The van der Waals surface area contributed by atoms with Crippen LogP contribution in [0.5, 0.6) is 0 Å². The maximum atomic E-state index is 13.4. The SMILES string of the molecule is CCCCN(C)c1ccc(F)cc1CNC1CC1. The van der Waals surface area contributed by atoms with Gasteiger partial charge in [0.05, 0.1) is 0 Å². The molecule has 1 aliphatic rings. The predicted octanol–water partition coefficient (Wildman–Crippen LogP) is 3.31. The van der Waals surface area contributed by atoms with Crippen LogP contribution in [-0.2, 0) is 6.54 Å². The van der Waals surface area contributed by atoms with Gasteiger partial charge in [0.15, 0.2) is 0 Å². The Kier molecular flexibility index (Phi) is 4.59. The number of rotatable bonds is 7. The molecule has 0 unspecified atom stereocenters. The Labute approximate surface area is 109 Å². The Morgan fingerprint density at radius 3 is 2.83 bits per heavy atom. The molecule has 0 radical (unpaired) electrons. The molecule has 0 amide bonds. The van der Waals surface area contributed by atoms with Gasteiger partial charge >= 0.3 is 0 Å². The molecule has 0 aromatic heterocycles. The first-order valence-electron chi connectivity index (χ1n) is 6.93. The number of halogens is 1. The molecule has 0 aliphatic heterocycles. The lowest BCUT2D eigenvalue weighted by molar-refractivity contribution is 0.618. The zero-order valence-corrected chi connectivity index (χ0v) is 11.4. The van der Waals surface area contributed by atoms with Crippen LogP contribution < -0.4 is 10.2 Å². The van der Waals surface area contributed by atoms with Gasteiger partial charge in [-0.2, -0.15) is 0 Å². The van der Waals surface area contributed by atoms with Crippen molar-refractivity contribution in [2.75, 3.05) is 18.5 Å². The minimum Gasteiger partial charge on any atom is -0.374 e. The van der Waals surface area contributed by atoms with Crippen molar-refractivity contribution < 1.29 is 4.39 Å². The number of anilines is 1. The lowest BCUT2D eigenvalue weighted by Gasteiger charge is -2.22. The topological polar surface area (TPSA) is 15.3 Å². The number of nitrogens with one attached hydrogen (secondary N) is 1. The van der Waals surface area contributed by atoms with E-state index in [9.17, 15) is 4.39 Å². The summed E-state index contributed by atoms with van der Waals surface area (Å²) in [6, 6.07) is 5.77. The average Bonchev–Trinajstić information content (AvgIpc) is 3.17. The Morgan fingerprint density at radius 2 is 2.17 bits per heavy atom. The van der Waals surface area contributed by atoms with Gasteiger partial charge in [-0.15, -0.1) is 0 Å². The van der Waals surface area contributed by atoms with Gasteiger partial charge in [0.1, 0.15) is 5.82 Å². The fourth-order valence-corrected chi connectivity index (χ4v) is 2.13. The van der Waals surface area contributed by atoms with Crippen molar-refractivity contribution in [2.24, 2.45) is 0 Å². The van der Waals surface area contributed by atoms with Gasteiger partial charge in [-0.05, 0) is 43.0 Å². The van der Waals surface area contributed by atoms with E-state index >= 15 is 0 Å². The molecule has 1 saturated carbocycles. The van der Waals surface area contributed by atoms with Crippen LogP contribution in [0.4, 0.5) is 10.1 Å². The fraction of sp³-hybridized carbons (Fsp3) is 0.600. The molecule has 1 aromatic rings. The van der Waals surface area contributed by atoms with Crippen molar-refractivity contribution in [1.29, 1.82) is 0 Å². The molecule has 2 rings (SSSR count). The van der Waals surface area contributed by atoms with Crippen LogP contribution in [0.2, 0.25) is 0 Å². The van der Waals surface area contributed by atoms with Crippen LogP contribution in [0.3, 0.4) is 0 Å². The standard InChI is InChI=1S/C15H23FN2/c1-3-4-9-18(2)15-8-5-13(16)10-12(15)11-17-14-6-7-14/h5,8,10,14,17H,3-4,6-7,9,11H2,1-2H3. The van der Waals surface area contributed by atoms with E-state index in [1.807, 2.05) is 6.07 Å². The smallest absolute Gasteiger partial charge is 0.123 e. The summed E-state index contributed by atoms with van der Waals surface area (Å²) in [4.78, 5) is 2.23. The number of nitrogens with zero attached hydrogens (tertiary/aromatic N) is 1. The molecule has 1 aromatic carbocycles. The predicted molar refractivity (Wildman–Crippen MR) is 74.4 cm³/mol. The van der Waals surface area contributed by atoms with Crippen LogP contribution in [-0.4, -0.2) is 19.6 Å². The van der Waals surface area contributed by atoms with Gasteiger partial charge in [0, 0.05) is 31.9 Å². The molecule has 2 nitrogen and oxygen atoms in total. The first-order chi connectivity index (χ1) is 8.70. The molecule has 18 heavy (non-hydrogen) atoms. The number of hydrogen-bond acceptors (Lipinski definition) is 2. The summed E-state index contributed by atoms with van der Waals surface area (Å²) in [6.45, 7) is 3.99. The molecule has 1 aliphatic carbocycles. The summed E-state index contributed by atoms with van der Waals surface area (Å²) < 4.78 is 13.4. The van der Waals surface area contributed by atoms with Crippen molar-refractivity contribution in [1.82, 2.24) is 5.32 Å². The van der Waals surface area contributed by atoms with E-state index in [-0.39, 0.29) is 5.82 Å². The maximum absolute atomic E-state index is 13.4. The van der Waals surface area contributed by atoms with E-state index in [2.05, 4.69) is 24.2 Å². The van der Waals surface area contributed by atoms with Crippen molar-refractivity contribution in [2.45, 2.75) is 45.2 Å². The van der Waals surface area contributed by atoms with Crippen molar-refractivity contribution in [3.63, 3.8) is 0 Å². The highest BCUT2D eigenvalue weighted by Crippen LogP contribution is 2.24. The van der Waals surface area contributed by atoms with Crippen LogP contribution in [0.15, 0.2) is 18.2 Å². The molecular weight excluding hydrogens is 227 g/mol. The van der Waals surface area contributed by atoms with Gasteiger partial charge in [-0.25, -0.2) is 4.39 Å². The third kappa shape index (κ3) is 3.70. The Hall–Kier alpha value is -1.09. The maximum Gasteiger partial charge on any atom is 0.123 e. The van der Waals surface area contributed by atoms with Gasteiger partial charge in [-0.1, -0.05) is 13.3 Å². The third-order valence-electron chi connectivity index (χ3n) is 3.46. The molecule has 0 atom stereocenters. The van der Waals surface area contributed by atoms with E-state index in [1.165, 1.54) is 25.7 Å². The zero-order valence-electron chi connectivity index (χ0n) is 11.4. The Balaban J connectivity index is 2.05. The molecular formula is C15H23FN2. The normalized spacial score (nSPS) is 14.8. The van der Waals surface area contributed by atoms with Crippen LogP contribution >= 0.6 is 0 Å². The average molecular weight is 250 g/mol. The molecule has 0 saturated heterocycles. The second-order valence-corrected chi connectivity index (χ2v) is 5.20. The summed E-state index contributed by atoms with van der Waals surface area (Å²) in [5, 5.41) is 3.46. The number of benzene rings is 1. The van der Waals surface area contributed by atoms with Gasteiger partial charge < -0.3 is 10.2 Å². The molecule has 100 valence electrons. The van der Waals surface area contributed by atoms with Crippen LogP contribution in [0.1, 0.15) is 38.2 Å². The Bertz CT molecular complexity index is 388. The quantitative estimate of drug-likeness (QED) is 0.798. The lowest BCUT2D eigenvalue weighted by atomic mass is 10.1. The van der Waals surface area contributed by atoms with Crippen LogP contribution in [0.25, 0.3) is 0 Å². The van der Waals surface area contributed by atoms with Gasteiger partial charge in [-0.3, -0.25) is 0 Å². The summed E-state index contributed by atoms with van der Waals surface area (Å²) in [7, 11) is 2.09. The molecule has 0 bridgehead atoms. The van der Waals surface area contributed by atoms with Crippen molar-refractivity contribution in [3.8, 4) is 0 Å². The largest absolute Gasteiger partial charge is 0.374 e. The van der Waals surface area contributed by atoms with E-state index < -0.39 is 0 Å². The second kappa shape index (κ2) is 6.19. The lowest BCUT2D eigenvalue weighted by Crippen LogP contribution is -2.23. The molecule has 0 heterocycles. The second-order valence-electron chi connectivity index (χ2n) is 5.20. The summed E-state index contributed by atoms with van der Waals surface area (Å²) in [5.41, 5.74) is 2.22. The Morgan fingerprint density at radius 1 is 1.39 bits per heavy atom. The third-order valence-corrected chi connectivity index (χ3v) is 3.46. The number of hydrogen-bond donors (Lipinski definition) is 1. The zero-order chi connectivity index (χ0) is 13.0. The summed E-state index contributed by atoms with van der Waals surface area (Å²) >= 11 is 0. The highest BCUT2D eigenvalue weighted by Gasteiger charge is 2.20. The minimum atomic E-state index is -0.143. The van der Waals surface area contributed by atoms with Crippen molar-refractivity contribution >= 4 is 5.69 Å². The van der Waals surface area contributed by atoms with Gasteiger partial charge in [0.25, 0.3) is 0 Å². The van der Waals surface area contributed by atoms with Crippen molar-refractivity contribution in [3.05, 3.63) is 29.6 Å². The first kappa shape index (κ1) is 13.3. The highest BCUT2D eigenvalue weighted by atomic mass is 19.1. The summed E-state index contributed by atoms with van der Waals surface area (Å²) in [5.74, 6) is -0.143. The minimum absolute atomic E-state index is 0.143. The summed E-state index contributed by atoms with van der Waals surface area (Å²) in [6.07, 6.45) is 4.87. The molecule has 1 N–H and O–H groups in total. The van der Waals surface area contributed by atoms with E-state index in [1.54, 1.807) is 12.1 Å². The molecule has 0 spiro atoms. The first-order valence-corrected chi connectivity index (χ1v) is 6.93. The van der Waals surface area contributed by atoms with E-state index in [0.29, 0.717) is 6.04 Å². The molecule has 3 heteroatoms. The van der Waals surface area contributed by atoms with Crippen LogP contribution in [0, 0.1) is 5.82 Å². The monoisotopic (exact) mass is 250 g/mol.